The molecule has 1 aliphatic heterocycles. The van der Waals surface area contributed by atoms with E-state index in [1.165, 1.54) is 0 Å². The van der Waals surface area contributed by atoms with Gasteiger partial charge in [0.15, 0.2) is 5.78 Å². The van der Waals surface area contributed by atoms with E-state index in [-0.39, 0.29) is 24.3 Å². The molecular weight excluding hydrogens is 385 g/mol. The number of rotatable bonds is 8. The number of nitrogens with zero attached hydrogens (tertiary/aromatic N) is 3. The van der Waals surface area contributed by atoms with Gasteiger partial charge in [-0.25, -0.2) is 0 Å². The summed E-state index contributed by atoms with van der Waals surface area (Å²) in [7, 11) is 0. The number of nitrogens with one attached hydrogen (secondary N) is 1. The average Bonchev–Trinajstić information content (AvgIpc) is 2.90. The lowest BCUT2D eigenvalue weighted by Gasteiger charge is -2.34. The number of carbonyl (C=O) groups is 2. The van der Waals surface area contributed by atoms with Gasteiger partial charge in [-0.05, 0) is 33.3 Å². The Kier molecular flexibility index (Phi) is 7.87. The van der Waals surface area contributed by atoms with E-state index in [1.807, 2.05) is 23.6 Å². The van der Waals surface area contributed by atoms with Crippen LogP contribution in [0.1, 0.15) is 42.0 Å². The third kappa shape index (κ3) is 6.85. The lowest BCUT2D eigenvalue weighted by molar-refractivity contribution is -0.141. The number of Topliss-reactive ketones (excluding diaryl/α,β-unsaturated/α-hetero) is 1. The maximum atomic E-state index is 12.8. The Morgan fingerprint density at radius 3 is 2.17 bits per heavy atom. The molecule has 1 saturated heterocycles. The maximum Gasteiger partial charge on any atom is 0.406 e. The molecule has 1 fully saturated rings. The summed E-state index contributed by atoms with van der Waals surface area (Å²) >= 11 is 0. The van der Waals surface area contributed by atoms with Crippen LogP contribution in [0.2, 0.25) is 0 Å². The minimum atomic E-state index is -4.33. The summed E-state index contributed by atoms with van der Waals surface area (Å²) in [5.41, 5.74) is 1.13. The molecule has 164 valence electrons. The summed E-state index contributed by atoms with van der Waals surface area (Å²) in [4.78, 5) is 28.7. The van der Waals surface area contributed by atoms with E-state index >= 15 is 0 Å². The largest absolute Gasteiger partial charge is 0.406 e. The number of aryl methyl sites for hydroxylation is 1. The molecule has 2 heterocycles. The molecule has 2 rings (SSSR count). The highest BCUT2D eigenvalue weighted by molar-refractivity contribution is 5.99. The fraction of sp³-hybridized carbons (Fsp3) is 0.700. The Morgan fingerprint density at radius 2 is 1.66 bits per heavy atom. The van der Waals surface area contributed by atoms with Crippen LogP contribution in [0.4, 0.5) is 13.2 Å². The molecule has 1 amide bonds. The van der Waals surface area contributed by atoms with E-state index in [9.17, 15) is 22.8 Å². The summed E-state index contributed by atoms with van der Waals surface area (Å²) in [5, 5.41) is 2.94. The molecule has 1 aromatic heterocycles. The second kappa shape index (κ2) is 9.75. The van der Waals surface area contributed by atoms with E-state index in [1.54, 1.807) is 19.9 Å². The summed E-state index contributed by atoms with van der Waals surface area (Å²) in [6.07, 6.45) is -3.45. The number of ketones is 1. The van der Waals surface area contributed by atoms with Crippen LogP contribution in [-0.2, 0) is 11.3 Å². The van der Waals surface area contributed by atoms with Crippen LogP contribution in [0.25, 0.3) is 0 Å². The molecule has 0 spiro atoms. The number of amides is 1. The van der Waals surface area contributed by atoms with Gasteiger partial charge in [0.2, 0.25) is 5.91 Å². The van der Waals surface area contributed by atoms with Gasteiger partial charge in [0.25, 0.3) is 0 Å². The number of alkyl halides is 3. The van der Waals surface area contributed by atoms with Crippen molar-refractivity contribution in [2.24, 2.45) is 0 Å². The first-order chi connectivity index (χ1) is 13.5. The Labute approximate surface area is 170 Å². The molecule has 1 N–H and O–H groups in total. The summed E-state index contributed by atoms with van der Waals surface area (Å²) in [6, 6.07) is 1.69. The smallest absolute Gasteiger partial charge is 0.353 e. The molecule has 1 aromatic rings. The lowest BCUT2D eigenvalue weighted by atomic mass is 10.1. The second-order valence-electron chi connectivity index (χ2n) is 7.84. The number of hydrogen-bond donors (Lipinski definition) is 1. The zero-order valence-electron chi connectivity index (χ0n) is 17.6. The molecule has 1 atom stereocenters. The van der Waals surface area contributed by atoms with Gasteiger partial charge in [-0.2, -0.15) is 13.2 Å². The van der Waals surface area contributed by atoms with Crippen LogP contribution in [0.15, 0.2) is 6.07 Å². The first-order valence-corrected chi connectivity index (χ1v) is 10.0. The number of aromatic nitrogens is 1. The van der Waals surface area contributed by atoms with Gasteiger partial charge < -0.3 is 9.88 Å². The van der Waals surface area contributed by atoms with Crippen LogP contribution in [0, 0.1) is 13.8 Å². The summed E-state index contributed by atoms with van der Waals surface area (Å²) in [5.74, 6) is -0.171. The van der Waals surface area contributed by atoms with Crippen molar-refractivity contribution in [2.45, 2.75) is 52.9 Å². The normalized spacial score (nSPS) is 17.3. The predicted octanol–water partition coefficient (Wildman–Crippen LogP) is 2.38. The molecule has 6 nitrogen and oxygen atoms in total. The third-order valence-corrected chi connectivity index (χ3v) is 5.43. The van der Waals surface area contributed by atoms with Crippen molar-refractivity contribution >= 4 is 11.7 Å². The third-order valence-electron chi connectivity index (χ3n) is 5.43. The van der Waals surface area contributed by atoms with Crippen molar-refractivity contribution in [2.75, 3.05) is 39.3 Å². The molecule has 1 unspecified atom stereocenters. The van der Waals surface area contributed by atoms with Crippen molar-refractivity contribution in [3.05, 3.63) is 23.0 Å². The highest BCUT2D eigenvalue weighted by Gasteiger charge is 2.30. The Morgan fingerprint density at radius 1 is 1.10 bits per heavy atom. The fourth-order valence-corrected chi connectivity index (χ4v) is 3.53. The van der Waals surface area contributed by atoms with E-state index in [4.69, 9.17) is 0 Å². The van der Waals surface area contributed by atoms with Crippen molar-refractivity contribution < 1.29 is 22.8 Å². The van der Waals surface area contributed by atoms with Crippen LogP contribution >= 0.6 is 0 Å². The van der Waals surface area contributed by atoms with Crippen molar-refractivity contribution in [1.82, 2.24) is 19.7 Å². The van der Waals surface area contributed by atoms with Gasteiger partial charge in [-0.3, -0.25) is 19.4 Å². The fourth-order valence-electron chi connectivity index (χ4n) is 3.53. The number of hydrogen-bond acceptors (Lipinski definition) is 4. The summed E-state index contributed by atoms with van der Waals surface area (Å²) in [6.45, 7) is 9.17. The quantitative estimate of drug-likeness (QED) is 0.661. The Bertz CT molecular complexity index is 722. The van der Waals surface area contributed by atoms with E-state index in [0.29, 0.717) is 49.7 Å². The van der Waals surface area contributed by atoms with Gasteiger partial charge in [0.05, 0.1) is 13.1 Å². The lowest BCUT2D eigenvalue weighted by Crippen LogP contribution is -2.51. The zero-order chi connectivity index (χ0) is 21.8. The monoisotopic (exact) mass is 416 g/mol. The number of carbonyl (C=O) groups excluding carboxylic acids is 2. The molecule has 0 bridgehead atoms. The number of piperazine rings is 1. The molecule has 0 saturated carbocycles. The Hall–Kier alpha value is -1.87. The zero-order valence-corrected chi connectivity index (χ0v) is 17.6. The van der Waals surface area contributed by atoms with Crippen molar-refractivity contribution in [3.63, 3.8) is 0 Å². The SMILES string of the molecule is CCC(C)NC(=O)CN1CCN(CC(=O)c2cc(C)n(CC(F)(F)F)c2C)CC1. The van der Waals surface area contributed by atoms with Crippen LogP contribution in [0.5, 0.6) is 0 Å². The Balaban J connectivity index is 1.87. The number of halogens is 3. The molecule has 0 aliphatic carbocycles. The highest BCUT2D eigenvalue weighted by atomic mass is 19.4. The molecular formula is C20H31F3N4O2. The van der Waals surface area contributed by atoms with E-state index in [2.05, 4.69) is 5.32 Å². The molecule has 0 radical (unpaired) electrons. The predicted molar refractivity (Wildman–Crippen MR) is 105 cm³/mol. The maximum absolute atomic E-state index is 12.8. The molecule has 29 heavy (non-hydrogen) atoms. The average molecular weight is 416 g/mol. The molecule has 0 aromatic carbocycles. The van der Waals surface area contributed by atoms with E-state index in [0.717, 1.165) is 11.0 Å². The first kappa shape index (κ1) is 23.4. The van der Waals surface area contributed by atoms with Gasteiger partial charge >= 0.3 is 6.18 Å². The van der Waals surface area contributed by atoms with Crippen LogP contribution in [-0.4, -0.2) is 77.5 Å². The van der Waals surface area contributed by atoms with Crippen molar-refractivity contribution in [1.29, 1.82) is 0 Å². The highest BCUT2D eigenvalue weighted by Crippen LogP contribution is 2.23. The van der Waals surface area contributed by atoms with Crippen molar-refractivity contribution in [3.8, 4) is 0 Å². The standard InChI is InChI=1S/C20H31F3N4O2/c1-5-14(2)24-19(29)12-26-8-6-25(7-9-26)11-18(28)17-10-15(3)27(16(17)4)13-20(21,22)23/h10,14H,5-9,11-13H2,1-4H3,(H,24,29). The van der Waals surface area contributed by atoms with Crippen LogP contribution in [0.3, 0.4) is 0 Å². The second-order valence-corrected chi connectivity index (χ2v) is 7.84. The van der Waals surface area contributed by atoms with Gasteiger partial charge in [0.1, 0.15) is 6.54 Å². The van der Waals surface area contributed by atoms with Gasteiger partial charge in [-0.15, -0.1) is 0 Å². The molecule has 1 aliphatic rings. The molecule has 9 heteroatoms. The summed E-state index contributed by atoms with van der Waals surface area (Å²) < 4.78 is 39.4. The van der Waals surface area contributed by atoms with Gasteiger partial charge in [0, 0.05) is 49.2 Å². The van der Waals surface area contributed by atoms with Crippen LogP contribution < -0.4 is 5.32 Å². The van der Waals surface area contributed by atoms with E-state index < -0.39 is 12.7 Å². The minimum absolute atomic E-state index is 0.000908. The minimum Gasteiger partial charge on any atom is -0.353 e. The first-order valence-electron chi connectivity index (χ1n) is 10.0. The van der Waals surface area contributed by atoms with Gasteiger partial charge in [-0.1, -0.05) is 6.92 Å². The topological polar surface area (TPSA) is 57.6 Å².